The van der Waals surface area contributed by atoms with E-state index in [1.54, 1.807) is 0 Å². The van der Waals surface area contributed by atoms with E-state index in [2.05, 4.69) is 55.0 Å². The summed E-state index contributed by atoms with van der Waals surface area (Å²) in [5.74, 6) is 1.21. The fourth-order valence-electron chi connectivity index (χ4n) is 3.29. The molecule has 2 aliphatic heterocycles. The van der Waals surface area contributed by atoms with Gasteiger partial charge < -0.3 is 9.64 Å². The summed E-state index contributed by atoms with van der Waals surface area (Å²) in [5.41, 5.74) is 2.60. The summed E-state index contributed by atoms with van der Waals surface area (Å²) in [6.07, 6.45) is 1.17. The fraction of sp³-hybridized carbons (Fsp3) is 0.611. The first-order valence-electron chi connectivity index (χ1n) is 8.24. The molecule has 0 N–H and O–H groups in total. The molecule has 2 heterocycles. The van der Waals surface area contributed by atoms with Gasteiger partial charge in [0.2, 0.25) is 0 Å². The number of para-hydroxylation sites is 1. The van der Waals surface area contributed by atoms with Crippen molar-refractivity contribution in [3.8, 4) is 0 Å². The molecule has 0 aliphatic carbocycles. The number of aliphatic imine (C=N–C) groups is 1. The Labute approximate surface area is 133 Å². The SMILES string of the molecule is CN1CCC(C)(C)C1=Nc1ccccc1CN1CCOCC1. The van der Waals surface area contributed by atoms with Crippen LogP contribution in [0.3, 0.4) is 0 Å². The van der Waals surface area contributed by atoms with E-state index in [-0.39, 0.29) is 5.41 Å². The zero-order valence-corrected chi connectivity index (χ0v) is 14.0. The van der Waals surface area contributed by atoms with Crippen molar-refractivity contribution in [2.45, 2.75) is 26.8 Å². The number of rotatable bonds is 3. The monoisotopic (exact) mass is 301 g/mol. The summed E-state index contributed by atoms with van der Waals surface area (Å²) in [4.78, 5) is 9.79. The van der Waals surface area contributed by atoms with Gasteiger partial charge in [0.05, 0.1) is 18.9 Å². The minimum absolute atomic E-state index is 0.167. The zero-order valence-electron chi connectivity index (χ0n) is 14.0. The van der Waals surface area contributed by atoms with Crippen LogP contribution in [-0.2, 0) is 11.3 Å². The zero-order chi connectivity index (χ0) is 15.6. The van der Waals surface area contributed by atoms with Gasteiger partial charge in [-0.3, -0.25) is 4.90 Å². The highest BCUT2D eigenvalue weighted by Crippen LogP contribution is 2.33. The molecule has 0 unspecified atom stereocenters. The predicted octanol–water partition coefficient (Wildman–Crippen LogP) is 2.91. The first-order valence-corrected chi connectivity index (χ1v) is 8.24. The molecule has 0 amide bonds. The Morgan fingerprint density at radius 2 is 1.86 bits per heavy atom. The van der Waals surface area contributed by atoms with Crippen LogP contribution < -0.4 is 0 Å². The topological polar surface area (TPSA) is 28.1 Å². The molecule has 2 fully saturated rings. The first-order chi connectivity index (χ1) is 10.6. The van der Waals surface area contributed by atoms with Gasteiger partial charge in [0.25, 0.3) is 0 Å². The maximum absolute atomic E-state index is 5.44. The average Bonchev–Trinajstić information content (AvgIpc) is 2.77. The lowest BCUT2D eigenvalue weighted by Crippen LogP contribution is -2.35. The van der Waals surface area contributed by atoms with Crippen molar-refractivity contribution in [2.75, 3.05) is 39.9 Å². The van der Waals surface area contributed by atoms with E-state index in [0.717, 1.165) is 45.1 Å². The number of hydrogen-bond acceptors (Lipinski definition) is 3. The smallest absolute Gasteiger partial charge is 0.110 e. The van der Waals surface area contributed by atoms with Gasteiger partial charge in [0.15, 0.2) is 0 Å². The molecule has 0 atom stereocenters. The van der Waals surface area contributed by atoms with Gasteiger partial charge in [0.1, 0.15) is 5.84 Å². The van der Waals surface area contributed by atoms with E-state index in [1.807, 2.05) is 0 Å². The molecule has 4 heteroatoms. The normalized spacial score (nSPS) is 24.1. The number of likely N-dealkylation sites (tertiary alicyclic amines) is 1. The van der Waals surface area contributed by atoms with Crippen LogP contribution in [0.25, 0.3) is 0 Å². The predicted molar refractivity (Wildman–Crippen MR) is 90.7 cm³/mol. The van der Waals surface area contributed by atoms with Crippen molar-refractivity contribution in [2.24, 2.45) is 10.4 Å². The molecular weight excluding hydrogens is 274 g/mol. The minimum Gasteiger partial charge on any atom is -0.379 e. The highest BCUT2D eigenvalue weighted by atomic mass is 16.5. The van der Waals surface area contributed by atoms with Crippen LogP contribution in [0.15, 0.2) is 29.3 Å². The quantitative estimate of drug-likeness (QED) is 0.859. The molecule has 0 aromatic heterocycles. The highest BCUT2D eigenvalue weighted by molar-refractivity contribution is 5.91. The summed E-state index contributed by atoms with van der Waals surface area (Å²) >= 11 is 0. The lowest BCUT2D eigenvalue weighted by molar-refractivity contribution is 0.0342. The summed E-state index contributed by atoms with van der Waals surface area (Å²) in [5, 5.41) is 0. The molecule has 0 saturated carbocycles. The van der Waals surface area contributed by atoms with Gasteiger partial charge >= 0.3 is 0 Å². The average molecular weight is 301 g/mol. The third-order valence-electron chi connectivity index (χ3n) is 4.75. The number of hydrogen-bond donors (Lipinski definition) is 0. The number of ether oxygens (including phenoxy) is 1. The largest absolute Gasteiger partial charge is 0.379 e. The van der Waals surface area contributed by atoms with Crippen molar-refractivity contribution in [3.05, 3.63) is 29.8 Å². The van der Waals surface area contributed by atoms with Crippen LogP contribution in [0.2, 0.25) is 0 Å². The third-order valence-corrected chi connectivity index (χ3v) is 4.75. The highest BCUT2D eigenvalue weighted by Gasteiger charge is 2.34. The van der Waals surface area contributed by atoms with Crippen molar-refractivity contribution in [1.82, 2.24) is 9.80 Å². The van der Waals surface area contributed by atoms with E-state index >= 15 is 0 Å². The minimum atomic E-state index is 0.167. The van der Waals surface area contributed by atoms with E-state index < -0.39 is 0 Å². The number of benzene rings is 1. The molecule has 0 spiro atoms. The van der Waals surface area contributed by atoms with Gasteiger partial charge in [-0.2, -0.15) is 0 Å². The standard InChI is InChI=1S/C18H27N3O/c1-18(2)8-9-20(3)17(18)19-16-7-5-4-6-15(16)14-21-10-12-22-13-11-21/h4-7H,8-14H2,1-3H3. The molecule has 0 bridgehead atoms. The molecule has 120 valence electrons. The molecule has 4 nitrogen and oxygen atoms in total. The van der Waals surface area contributed by atoms with Crippen LogP contribution in [-0.4, -0.2) is 55.5 Å². The second-order valence-electron chi connectivity index (χ2n) is 7.01. The maximum atomic E-state index is 5.44. The van der Waals surface area contributed by atoms with Gasteiger partial charge in [-0.05, 0) is 18.1 Å². The van der Waals surface area contributed by atoms with E-state index in [1.165, 1.54) is 17.8 Å². The second-order valence-corrected chi connectivity index (χ2v) is 7.01. The first kappa shape index (κ1) is 15.5. The second kappa shape index (κ2) is 6.39. The summed E-state index contributed by atoms with van der Waals surface area (Å²) in [6.45, 7) is 10.3. The van der Waals surface area contributed by atoms with E-state index in [9.17, 15) is 0 Å². The van der Waals surface area contributed by atoms with Crippen molar-refractivity contribution in [3.63, 3.8) is 0 Å². The van der Waals surface area contributed by atoms with Crippen LogP contribution in [0.5, 0.6) is 0 Å². The molecule has 1 aromatic carbocycles. The summed E-state index contributed by atoms with van der Waals surface area (Å²) in [6, 6.07) is 8.55. The van der Waals surface area contributed by atoms with Crippen LogP contribution in [0.4, 0.5) is 5.69 Å². The molecule has 1 aromatic rings. The number of nitrogens with zero attached hydrogens (tertiary/aromatic N) is 3. The molecule has 22 heavy (non-hydrogen) atoms. The van der Waals surface area contributed by atoms with Gasteiger partial charge in [-0.25, -0.2) is 4.99 Å². The molecule has 2 aliphatic rings. The van der Waals surface area contributed by atoms with Crippen molar-refractivity contribution >= 4 is 11.5 Å². The van der Waals surface area contributed by atoms with Crippen LogP contribution >= 0.6 is 0 Å². The van der Waals surface area contributed by atoms with Gasteiger partial charge in [-0.1, -0.05) is 32.0 Å². The third kappa shape index (κ3) is 3.33. The fourth-order valence-corrected chi connectivity index (χ4v) is 3.29. The Morgan fingerprint density at radius 3 is 2.55 bits per heavy atom. The molecule has 3 rings (SSSR count). The number of morpholine rings is 1. The Hall–Kier alpha value is -1.39. The van der Waals surface area contributed by atoms with Gasteiger partial charge in [-0.15, -0.1) is 0 Å². The Balaban J connectivity index is 1.84. The van der Waals surface area contributed by atoms with E-state index in [0.29, 0.717) is 0 Å². The Kier molecular flexibility index (Phi) is 4.50. The van der Waals surface area contributed by atoms with E-state index in [4.69, 9.17) is 9.73 Å². The van der Waals surface area contributed by atoms with Crippen LogP contribution in [0.1, 0.15) is 25.8 Å². The summed E-state index contributed by atoms with van der Waals surface area (Å²) < 4.78 is 5.44. The maximum Gasteiger partial charge on any atom is 0.110 e. The summed E-state index contributed by atoms with van der Waals surface area (Å²) in [7, 11) is 2.15. The van der Waals surface area contributed by atoms with Crippen LogP contribution in [0, 0.1) is 5.41 Å². The van der Waals surface area contributed by atoms with Gasteiger partial charge in [0, 0.05) is 38.6 Å². The molecule has 0 radical (unpaired) electrons. The van der Waals surface area contributed by atoms with Crippen molar-refractivity contribution in [1.29, 1.82) is 0 Å². The molecular formula is C18H27N3O. The lowest BCUT2D eigenvalue weighted by Gasteiger charge is -2.27. The van der Waals surface area contributed by atoms with Crippen molar-refractivity contribution < 1.29 is 4.74 Å². The lowest BCUT2D eigenvalue weighted by atomic mass is 9.91. The molecule has 2 saturated heterocycles. The Bertz CT molecular complexity index is 547. The number of amidine groups is 1. The Morgan fingerprint density at radius 1 is 1.14 bits per heavy atom.